The molecule has 2 atom stereocenters. The van der Waals surface area contributed by atoms with Crippen LogP contribution in [0, 0.1) is 11.8 Å². The van der Waals surface area contributed by atoms with E-state index >= 15 is 0 Å². The van der Waals surface area contributed by atoms with Crippen molar-refractivity contribution in [2.75, 3.05) is 32.6 Å². The number of ether oxygens (including phenoxy) is 1. The topological polar surface area (TPSA) is 12.5 Å². The lowest BCUT2D eigenvalue weighted by Gasteiger charge is -2.11. The average molecular weight is 159 g/mol. The Morgan fingerprint density at radius 2 is 1.90 bits per heavy atom. The maximum atomic E-state index is 5.37. The van der Waals surface area contributed by atoms with Crippen molar-refractivity contribution in [1.82, 2.24) is 4.31 Å². The van der Waals surface area contributed by atoms with Crippen LogP contribution in [0.15, 0.2) is 0 Å². The molecule has 0 aliphatic carbocycles. The fourth-order valence-electron chi connectivity index (χ4n) is 1.79. The predicted molar refractivity (Wildman–Crippen MR) is 42.9 cm³/mol. The van der Waals surface area contributed by atoms with Crippen LogP contribution in [0.2, 0.25) is 0 Å². The van der Waals surface area contributed by atoms with Crippen molar-refractivity contribution in [1.29, 1.82) is 0 Å². The van der Waals surface area contributed by atoms with E-state index in [1.807, 2.05) is 11.9 Å². The Kier molecular flexibility index (Phi) is 1.89. The fraction of sp³-hybridized carbons (Fsp3) is 1.00. The first-order valence-electron chi connectivity index (χ1n) is 3.77. The summed E-state index contributed by atoms with van der Waals surface area (Å²) in [5, 5.41) is 0. The Morgan fingerprint density at radius 1 is 1.30 bits per heavy atom. The Morgan fingerprint density at radius 3 is 2.40 bits per heavy atom. The van der Waals surface area contributed by atoms with E-state index in [9.17, 15) is 0 Å². The Labute approximate surface area is 66.0 Å². The fourth-order valence-corrected chi connectivity index (χ4v) is 2.47. The molecule has 2 aliphatic rings. The Balaban J connectivity index is 1.94. The summed E-state index contributed by atoms with van der Waals surface area (Å²) >= 11 is 1.87. The molecule has 58 valence electrons. The molecule has 3 heteroatoms. The summed E-state index contributed by atoms with van der Waals surface area (Å²) in [7, 11) is 0. The van der Waals surface area contributed by atoms with E-state index in [1.165, 1.54) is 13.1 Å². The minimum absolute atomic E-state index is 0.840. The van der Waals surface area contributed by atoms with Crippen molar-refractivity contribution in [2.24, 2.45) is 11.8 Å². The van der Waals surface area contributed by atoms with Crippen molar-refractivity contribution >= 4 is 11.9 Å². The van der Waals surface area contributed by atoms with E-state index in [0.29, 0.717) is 0 Å². The van der Waals surface area contributed by atoms with Crippen molar-refractivity contribution < 1.29 is 4.74 Å². The standard InChI is InChI=1S/C7H13NOS/c1-10-8-2-6-4-9-5-7(6)3-8/h6-7H,2-5H2,1H3. The minimum atomic E-state index is 0.840. The first-order chi connectivity index (χ1) is 4.90. The molecule has 0 radical (unpaired) electrons. The number of hydrogen-bond acceptors (Lipinski definition) is 3. The van der Waals surface area contributed by atoms with Gasteiger partial charge in [0, 0.05) is 24.9 Å². The molecular weight excluding hydrogens is 146 g/mol. The monoisotopic (exact) mass is 159 g/mol. The van der Waals surface area contributed by atoms with Crippen LogP contribution in [0.5, 0.6) is 0 Å². The molecule has 2 nitrogen and oxygen atoms in total. The summed E-state index contributed by atoms with van der Waals surface area (Å²) in [6, 6.07) is 0. The van der Waals surface area contributed by atoms with Crippen LogP contribution in [0.25, 0.3) is 0 Å². The van der Waals surface area contributed by atoms with Gasteiger partial charge in [-0.25, -0.2) is 0 Å². The zero-order valence-corrected chi connectivity index (χ0v) is 7.06. The average Bonchev–Trinajstić information content (AvgIpc) is 2.42. The van der Waals surface area contributed by atoms with Crippen LogP contribution in [-0.4, -0.2) is 36.9 Å². The molecule has 2 saturated heterocycles. The van der Waals surface area contributed by atoms with E-state index < -0.39 is 0 Å². The summed E-state index contributed by atoms with van der Waals surface area (Å²) in [4.78, 5) is 0. The first-order valence-corrected chi connectivity index (χ1v) is 4.95. The molecule has 2 rings (SSSR count). The van der Waals surface area contributed by atoms with Gasteiger partial charge in [-0.3, -0.25) is 4.31 Å². The molecule has 2 unspecified atom stereocenters. The first kappa shape index (κ1) is 6.95. The van der Waals surface area contributed by atoms with Crippen molar-refractivity contribution in [3.05, 3.63) is 0 Å². The zero-order chi connectivity index (χ0) is 6.97. The summed E-state index contributed by atoms with van der Waals surface area (Å²) in [5.74, 6) is 1.68. The van der Waals surface area contributed by atoms with Gasteiger partial charge in [-0.05, 0) is 6.26 Å². The van der Waals surface area contributed by atoms with E-state index in [2.05, 4.69) is 10.6 Å². The van der Waals surface area contributed by atoms with Crippen molar-refractivity contribution in [3.63, 3.8) is 0 Å². The van der Waals surface area contributed by atoms with Gasteiger partial charge < -0.3 is 4.74 Å². The molecule has 10 heavy (non-hydrogen) atoms. The summed E-state index contributed by atoms with van der Waals surface area (Å²) in [6.07, 6.45) is 2.15. The molecule has 0 bridgehead atoms. The van der Waals surface area contributed by atoms with Gasteiger partial charge in [-0.2, -0.15) is 0 Å². The van der Waals surface area contributed by atoms with Gasteiger partial charge in [0.15, 0.2) is 0 Å². The Hall–Kier alpha value is 0.270. The highest BCUT2D eigenvalue weighted by Gasteiger charge is 2.36. The lowest BCUT2D eigenvalue weighted by Crippen LogP contribution is -2.13. The van der Waals surface area contributed by atoms with Gasteiger partial charge in [0.1, 0.15) is 0 Å². The van der Waals surface area contributed by atoms with Crippen molar-refractivity contribution in [3.8, 4) is 0 Å². The maximum absolute atomic E-state index is 5.37. The number of hydrogen-bond donors (Lipinski definition) is 0. The predicted octanol–water partition coefficient (Wildman–Crippen LogP) is 0.843. The molecule has 0 aromatic carbocycles. The normalized spacial score (nSPS) is 40.5. The van der Waals surface area contributed by atoms with Crippen LogP contribution in [0.1, 0.15) is 0 Å². The quantitative estimate of drug-likeness (QED) is 0.526. The van der Waals surface area contributed by atoms with E-state index in [1.54, 1.807) is 0 Å². The molecule has 0 aromatic rings. The highest BCUT2D eigenvalue weighted by molar-refractivity contribution is 7.96. The van der Waals surface area contributed by atoms with Crippen LogP contribution >= 0.6 is 11.9 Å². The van der Waals surface area contributed by atoms with Gasteiger partial charge in [-0.1, -0.05) is 11.9 Å². The minimum Gasteiger partial charge on any atom is -0.381 e. The number of fused-ring (bicyclic) bond motifs is 1. The van der Waals surface area contributed by atoms with Crippen LogP contribution in [0.4, 0.5) is 0 Å². The van der Waals surface area contributed by atoms with Gasteiger partial charge >= 0.3 is 0 Å². The largest absolute Gasteiger partial charge is 0.381 e. The van der Waals surface area contributed by atoms with Gasteiger partial charge in [-0.15, -0.1) is 0 Å². The second kappa shape index (κ2) is 2.72. The zero-order valence-electron chi connectivity index (χ0n) is 6.25. The lowest BCUT2D eigenvalue weighted by molar-refractivity contribution is 0.169. The smallest absolute Gasteiger partial charge is 0.0511 e. The molecule has 2 aliphatic heterocycles. The molecule has 0 N–H and O–H groups in total. The second-order valence-corrected chi connectivity index (χ2v) is 3.97. The third-order valence-corrected chi connectivity index (χ3v) is 3.28. The molecule has 2 heterocycles. The van der Waals surface area contributed by atoms with Crippen LogP contribution in [-0.2, 0) is 4.74 Å². The third kappa shape index (κ3) is 1.06. The molecule has 2 fully saturated rings. The number of rotatable bonds is 1. The number of nitrogens with zero attached hydrogens (tertiary/aromatic N) is 1. The highest BCUT2D eigenvalue weighted by Crippen LogP contribution is 2.31. The summed E-state index contributed by atoms with van der Waals surface area (Å²) in [6.45, 7) is 4.49. The Bertz CT molecular complexity index is 119. The van der Waals surface area contributed by atoms with E-state index in [-0.39, 0.29) is 0 Å². The second-order valence-electron chi connectivity index (χ2n) is 3.09. The third-order valence-electron chi connectivity index (χ3n) is 2.47. The van der Waals surface area contributed by atoms with Gasteiger partial charge in [0.05, 0.1) is 13.2 Å². The van der Waals surface area contributed by atoms with Gasteiger partial charge in [0.2, 0.25) is 0 Å². The van der Waals surface area contributed by atoms with Gasteiger partial charge in [0.25, 0.3) is 0 Å². The maximum Gasteiger partial charge on any atom is 0.0511 e. The summed E-state index contributed by atoms with van der Waals surface area (Å²) < 4.78 is 7.81. The molecule has 0 spiro atoms. The van der Waals surface area contributed by atoms with Crippen LogP contribution in [0.3, 0.4) is 0 Å². The van der Waals surface area contributed by atoms with Crippen LogP contribution < -0.4 is 0 Å². The lowest BCUT2D eigenvalue weighted by atomic mass is 10.0. The summed E-state index contributed by atoms with van der Waals surface area (Å²) in [5.41, 5.74) is 0. The van der Waals surface area contributed by atoms with Crippen molar-refractivity contribution in [2.45, 2.75) is 0 Å². The SMILES string of the molecule is CSN1CC2COCC2C1. The van der Waals surface area contributed by atoms with E-state index in [0.717, 1.165) is 25.0 Å². The molecular formula is C7H13NOS. The highest BCUT2D eigenvalue weighted by atomic mass is 32.2. The molecule has 0 saturated carbocycles. The molecule has 0 aromatic heterocycles. The molecule has 0 amide bonds. The van der Waals surface area contributed by atoms with E-state index in [4.69, 9.17) is 4.74 Å².